The van der Waals surface area contributed by atoms with E-state index >= 15 is 0 Å². The molecule has 148 valence electrons. The van der Waals surface area contributed by atoms with E-state index in [-0.39, 0.29) is 12.5 Å². The smallest absolute Gasteiger partial charge is 0.262 e. The number of hydrazone groups is 1. The van der Waals surface area contributed by atoms with Crippen LogP contribution in [0.15, 0.2) is 47.6 Å². The molecule has 0 bridgehead atoms. The van der Waals surface area contributed by atoms with Crippen molar-refractivity contribution in [3.8, 4) is 11.5 Å². The second-order valence-corrected chi connectivity index (χ2v) is 6.25. The highest BCUT2D eigenvalue weighted by Crippen LogP contribution is 2.27. The fourth-order valence-corrected chi connectivity index (χ4v) is 2.51. The molecule has 0 spiro atoms. The summed E-state index contributed by atoms with van der Waals surface area (Å²) in [6.45, 7) is 4.50. The van der Waals surface area contributed by atoms with Gasteiger partial charge in [-0.3, -0.25) is 10.2 Å². The summed E-state index contributed by atoms with van der Waals surface area (Å²) >= 11 is 5.03. The molecule has 0 aliphatic rings. The standard InChI is InChI=1S/C20H24N4O3S/c1-4-21-20(28)24-22-12-15-8-9-17(18(11-15)26-3)27-13-19(25)23-16-7-5-6-14(2)10-16/h5-12H,4,13H2,1-3H3,(H,23,25)(H2,21,24,28)/b22-12+. The number of nitrogens with one attached hydrogen (secondary N) is 3. The van der Waals surface area contributed by atoms with E-state index in [1.807, 2.05) is 38.1 Å². The van der Waals surface area contributed by atoms with Gasteiger partial charge in [-0.2, -0.15) is 5.10 Å². The molecule has 3 N–H and O–H groups in total. The fraction of sp³-hybridized carbons (Fsp3) is 0.250. The maximum absolute atomic E-state index is 12.1. The van der Waals surface area contributed by atoms with Gasteiger partial charge in [0.1, 0.15) is 0 Å². The van der Waals surface area contributed by atoms with E-state index in [1.165, 1.54) is 7.11 Å². The van der Waals surface area contributed by atoms with Gasteiger partial charge in [0.25, 0.3) is 5.91 Å². The van der Waals surface area contributed by atoms with Crippen molar-refractivity contribution < 1.29 is 14.3 Å². The summed E-state index contributed by atoms with van der Waals surface area (Å²) in [4.78, 5) is 12.1. The summed E-state index contributed by atoms with van der Waals surface area (Å²) < 4.78 is 10.9. The number of hydrogen-bond donors (Lipinski definition) is 3. The molecule has 0 radical (unpaired) electrons. The first-order valence-corrected chi connectivity index (χ1v) is 9.17. The first-order chi connectivity index (χ1) is 13.5. The van der Waals surface area contributed by atoms with Gasteiger partial charge in [0.15, 0.2) is 23.2 Å². The number of hydrogen-bond acceptors (Lipinski definition) is 5. The van der Waals surface area contributed by atoms with Crippen LogP contribution in [0.25, 0.3) is 0 Å². The van der Waals surface area contributed by atoms with Gasteiger partial charge in [-0.25, -0.2) is 0 Å². The van der Waals surface area contributed by atoms with Crippen LogP contribution >= 0.6 is 12.2 Å². The number of benzene rings is 2. The zero-order valence-corrected chi connectivity index (χ0v) is 16.9. The zero-order valence-electron chi connectivity index (χ0n) is 16.1. The lowest BCUT2D eigenvalue weighted by Crippen LogP contribution is -2.31. The molecule has 2 aromatic carbocycles. The Labute approximate surface area is 170 Å². The van der Waals surface area contributed by atoms with Crippen LogP contribution in [-0.2, 0) is 4.79 Å². The molecule has 0 unspecified atom stereocenters. The number of methoxy groups -OCH3 is 1. The third kappa shape index (κ3) is 6.88. The van der Waals surface area contributed by atoms with Gasteiger partial charge in [0, 0.05) is 12.2 Å². The minimum atomic E-state index is -0.251. The van der Waals surface area contributed by atoms with Crippen LogP contribution < -0.4 is 25.5 Å². The van der Waals surface area contributed by atoms with Crippen molar-refractivity contribution in [1.82, 2.24) is 10.7 Å². The zero-order chi connectivity index (χ0) is 20.4. The van der Waals surface area contributed by atoms with E-state index in [0.717, 1.165) is 23.4 Å². The van der Waals surface area contributed by atoms with Crippen molar-refractivity contribution in [2.75, 3.05) is 25.6 Å². The molecule has 8 heteroatoms. The molecule has 0 saturated carbocycles. The molecule has 0 saturated heterocycles. The second-order valence-electron chi connectivity index (χ2n) is 5.85. The van der Waals surface area contributed by atoms with E-state index in [1.54, 1.807) is 24.4 Å². The molecule has 2 rings (SSSR count). The summed E-state index contributed by atoms with van der Waals surface area (Å²) in [6, 6.07) is 12.9. The third-order valence-electron chi connectivity index (χ3n) is 3.57. The normalized spacial score (nSPS) is 10.4. The van der Waals surface area contributed by atoms with Crippen LogP contribution in [0.4, 0.5) is 5.69 Å². The quantitative estimate of drug-likeness (QED) is 0.359. The predicted octanol–water partition coefficient (Wildman–Crippen LogP) is 2.84. The highest BCUT2D eigenvalue weighted by atomic mass is 32.1. The molecular weight excluding hydrogens is 376 g/mol. The Hall–Kier alpha value is -3.13. The number of amides is 1. The van der Waals surface area contributed by atoms with Crippen molar-refractivity contribution in [2.24, 2.45) is 5.10 Å². The van der Waals surface area contributed by atoms with Crippen molar-refractivity contribution in [2.45, 2.75) is 13.8 Å². The minimum absolute atomic E-state index is 0.129. The number of thiocarbonyl (C=S) groups is 1. The third-order valence-corrected chi connectivity index (χ3v) is 3.80. The number of carbonyl (C=O) groups excluding carboxylic acids is 1. The Morgan fingerprint density at radius 1 is 1.21 bits per heavy atom. The number of nitrogens with zero attached hydrogens (tertiary/aromatic N) is 1. The van der Waals surface area contributed by atoms with Crippen LogP contribution in [0.2, 0.25) is 0 Å². The van der Waals surface area contributed by atoms with Crippen LogP contribution in [0.3, 0.4) is 0 Å². The minimum Gasteiger partial charge on any atom is -0.493 e. The molecule has 0 atom stereocenters. The molecule has 0 aliphatic carbocycles. The summed E-state index contributed by atoms with van der Waals surface area (Å²) in [7, 11) is 1.54. The average Bonchev–Trinajstić information content (AvgIpc) is 2.67. The monoisotopic (exact) mass is 400 g/mol. The highest BCUT2D eigenvalue weighted by molar-refractivity contribution is 7.80. The number of anilines is 1. The largest absolute Gasteiger partial charge is 0.493 e. The molecule has 2 aromatic rings. The SMILES string of the molecule is CCNC(=S)N/N=C/c1ccc(OCC(=O)Nc2cccc(C)c2)c(OC)c1. The lowest BCUT2D eigenvalue weighted by molar-refractivity contribution is -0.118. The Morgan fingerprint density at radius 3 is 2.75 bits per heavy atom. The van der Waals surface area contributed by atoms with Gasteiger partial charge in [0.05, 0.1) is 13.3 Å². The van der Waals surface area contributed by atoms with Crippen LogP contribution in [0, 0.1) is 6.92 Å². The van der Waals surface area contributed by atoms with E-state index in [0.29, 0.717) is 16.6 Å². The molecule has 0 aliphatic heterocycles. The van der Waals surface area contributed by atoms with E-state index in [4.69, 9.17) is 21.7 Å². The van der Waals surface area contributed by atoms with Crippen LogP contribution in [0.5, 0.6) is 11.5 Å². The summed E-state index contributed by atoms with van der Waals surface area (Å²) in [5.74, 6) is 0.719. The van der Waals surface area contributed by atoms with Gasteiger partial charge in [-0.15, -0.1) is 0 Å². The van der Waals surface area contributed by atoms with E-state index in [2.05, 4.69) is 21.2 Å². The predicted molar refractivity (Wildman–Crippen MR) is 115 cm³/mol. The molecule has 0 fully saturated rings. The molecule has 1 amide bonds. The molecule has 0 aromatic heterocycles. The van der Waals surface area contributed by atoms with Crippen molar-refractivity contribution in [3.63, 3.8) is 0 Å². The second kappa shape index (κ2) is 10.9. The summed E-state index contributed by atoms with van der Waals surface area (Å²) in [5, 5.41) is 10.2. The maximum atomic E-state index is 12.1. The number of aryl methyl sites for hydroxylation is 1. The lowest BCUT2D eigenvalue weighted by Gasteiger charge is -2.11. The first-order valence-electron chi connectivity index (χ1n) is 8.76. The van der Waals surface area contributed by atoms with Gasteiger partial charge < -0.3 is 20.1 Å². The highest BCUT2D eigenvalue weighted by Gasteiger charge is 2.09. The lowest BCUT2D eigenvalue weighted by atomic mass is 10.2. The van der Waals surface area contributed by atoms with Crippen LogP contribution in [-0.4, -0.2) is 37.5 Å². The van der Waals surface area contributed by atoms with Gasteiger partial charge >= 0.3 is 0 Å². The number of rotatable bonds is 8. The van der Waals surface area contributed by atoms with E-state index < -0.39 is 0 Å². The number of carbonyl (C=O) groups is 1. The van der Waals surface area contributed by atoms with Crippen molar-refractivity contribution in [3.05, 3.63) is 53.6 Å². The maximum Gasteiger partial charge on any atom is 0.262 e. The average molecular weight is 401 g/mol. The Bertz CT molecular complexity index is 855. The molecular formula is C20H24N4O3S. The summed E-state index contributed by atoms with van der Waals surface area (Å²) in [5.41, 5.74) is 5.31. The Balaban J connectivity index is 1.93. The molecule has 28 heavy (non-hydrogen) atoms. The first kappa shape index (κ1) is 21.2. The Morgan fingerprint density at radius 2 is 2.04 bits per heavy atom. The van der Waals surface area contributed by atoms with Crippen LogP contribution in [0.1, 0.15) is 18.1 Å². The summed E-state index contributed by atoms with van der Waals surface area (Å²) in [6.07, 6.45) is 1.61. The topological polar surface area (TPSA) is 84.0 Å². The van der Waals surface area contributed by atoms with Gasteiger partial charge in [-0.05, 0) is 67.5 Å². The van der Waals surface area contributed by atoms with Gasteiger partial charge in [0.2, 0.25) is 0 Å². The number of ether oxygens (including phenoxy) is 2. The van der Waals surface area contributed by atoms with Gasteiger partial charge in [-0.1, -0.05) is 12.1 Å². The molecule has 0 heterocycles. The molecule has 7 nitrogen and oxygen atoms in total. The fourth-order valence-electron chi connectivity index (χ4n) is 2.31. The Kier molecular flexibility index (Phi) is 8.23. The van der Waals surface area contributed by atoms with E-state index in [9.17, 15) is 4.79 Å². The van der Waals surface area contributed by atoms with Crippen molar-refractivity contribution >= 4 is 35.1 Å². The van der Waals surface area contributed by atoms with Crippen molar-refractivity contribution in [1.29, 1.82) is 0 Å².